The molecule has 2 aliphatic rings. The second-order valence-electron chi connectivity index (χ2n) is 5.54. The molecule has 0 aromatic rings. The number of hydrogen-bond donors (Lipinski definition) is 1. The molecule has 0 spiro atoms. The van der Waals surface area contributed by atoms with E-state index in [2.05, 4.69) is 10.2 Å². The second kappa shape index (κ2) is 7.57. The molecular weight excluding hydrogens is 264 g/mol. The molecule has 6 heteroatoms. The zero-order valence-electron chi connectivity index (χ0n) is 11.6. The highest BCUT2D eigenvalue weighted by atomic mass is 32.2. The van der Waals surface area contributed by atoms with Gasteiger partial charge in [0.2, 0.25) is 0 Å². The monoisotopic (exact) mass is 290 g/mol. The van der Waals surface area contributed by atoms with Crippen LogP contribution >= 0.6 is 0 Å². The van der Waals surface area contributed by atoms with E-state index in [-0.39, 0.29) is 0 Å². The lowest BCUT2D eigenvalue weighted by atomic mass is 10.0. The lowest BCUT2D eigenvalue weighted by Crippen LogP contribution is -2.40. The van der Waals surface area contributed by atoms with E-state index >= 15 is 0 Å². The number of rotatable bonds is 6. The highest BCUT2D eigenvalue weighted by molar-refractivity contribution is 7.91. The SMILES string of the molecule is O=S(=O)(CCC1CCCCN1)CCN1CCOCC1. The third-order valence-electron chi connectivity index (χ3n) is 4.01. The van der Waals surface area contributed by atoms with Gasteiger partial charge in [-0.3, -0.25) is 4.90 Å². The Hall–Kier alpha value is -0.170. The highest BCUT2D eigenvalue weighted by Gasteiger charge is 2.19. The molecule has 1 atom stereocenters. The molecule has 0 saturated carbocycles. The molecule has 0 bridgehead atoms. The number of ether oxygens (including phenoxy) is 1. The minimum absolute atomic E-state index is 0.291. The number of piperidine rings is 1. The average molecular weight is 290 g/mol. The highest BCUT2D eigenvalue weighted by Crippen LogP contribution is 2.11. The van der Waals surface area contributed by atoms with Crippen molar-refractivity contribution in [2.45, 2.75) is 31.7 Å². The lowest BCUT2D eigenvalue weighted by molar-refractivity contribution is 0.0408. The number of nitrogens with zero attached hydrogens (tertiary/aromatic N) is 1. The third-order valence-corrected chi connectivity index (χ3v) is 5.67. The summed E-state index contributed by atoms with van der Waals surface area (Å²) >= 11 is 0. The molecule has 112 valence electrons. The zero-order valence-corrected chi connectivity index (χ0v) is 12.5. The van der Waals surface area contributed by atoms with Crippen LogP contribution in [-0.2, 0) is 14.6 Å². The van der Waals surface area contributed by atoms with Crippen molar-refractivity contribution in [1.82, 2.24) is 10.2 Å². The lowest BCUT2D eigenvalue weighted by Gasteiger charge is -2.26. The third kappa shape index (κ3) is 5.77. The Bertz CT molecular complexity index is 319. The van der Waals surface area contributed by atoms with Crippen LogP contribution in [0.2, 0.25) is 0 Å². The van der Waals surface area contributed by atoms with Gasteiger partial charge in [0.1, 0.15) is 0 Å². The van der Waals surface area contributed by atoms with Crippen LogP contribution in [0, 0.1) is 0 Å². The first-order valence-corrected chi connectivity index (χ1v) is 9.22. The minimum Gasteiger partial charge on any atom is -0.379 e. The maximum atomic E-state index is 12.0. The first-order chi connectivity index (χ1) is 9.16. The van der Waals surface area contributed by atoms with Gasteiger partial charge >= 0.3 is 0 Å². The smallest absolute Gasteiger partial charge is 0.151 e. The van der Waals surface area contributed by atoms with Gasteiger partial charge in [0, 0.05) is 25.7 Å². The van der Waals surface area contributed by atoms with E-state index in [1.807, 2.05) is 0 Å². The normalized spacial score (nSPS) is 26.4. The van der Waals surface area contributed by atoms with E-state index in [1.165, 1.54) is 12.8 Å². The van der Waals surface area contributed by atoms with Gasteiger partial charge in [0.15, 0.2) is 9.84 Å². The van der Waals surface area contributed by atoms with Crippen molar-refractivity contribution in [3.8, 4) is 0 Å². The summed E-state index contributed by atoms with van der Waals surface area (Å²) in [5.74, 6) is 0.620. The molecule has 19 heavy (non-hydrogen) atoms. The quantitative estimate of drug-likeness (QED) is 0.761. The van der Waals surface area contributed by atoms with Crippen LogP contribution in [0.15, 0.2) is 0 Å². The van der Waals surface area contributed by atoms with Crippen LogP contribution in [0.5, 0.6) is 0 Å². The molecule has 0 aliphatic carbocycles. The maximum Gasteiger partial charge on any atom is 0.151 e. The number of morpholine rings is 1. The van der Waals surface area contributed by atoms with Gasteiger partial charge in [-0.15, -0.1) is 0 Å². The molecule has 2 rings (SSSR count). The zero-order chi connectivity index (χ0) is 13.6. The van der Waals surface area contributed by atoms with Gasteiger partial charge in [-0.25, -0.2) is 8.42 Å². The second-order valence-corrected chi connectivity index (χ2v) is 7.84. The Morgan fingerprint density at radius 3 is 2.63 bits per heavy atom. The largest absolute Gasteiger partial charge is 0.379 e. The molecule has 2 heterocycles. The van der Waals surface area contributed by atoms with Crippen molar-refractivity contribution in [3.05, 3.63) is 0 Å². The molecule has 0 radical (unpaired) electrons. The van der Waals surface area contributed by atoms with Crippen molar-refractivity contribution in [1.29, 1.82) is 0 Å². The van der Waals surface area contributed by atoms with E-state index in [9.17, 15) is 8.42 Å². The predicted octanol–water partition coefficient (Wildman–Crippen LogP) is 0.266. The summed E-state index contributed by atoms with van der Waals surface area (Å²) in [6.45, 7) is 4.87. The number of sulfone groups is 1. The molecular formula is C13H26N2O3S. The van der Waals surface area contributed by atoms with Gasteiger partial charge in [-0.1, -0.05) is 6.42 Å². The van der Waals surface area contributed by atoms with Crippen LogP contribution in [-0.4, -0.2) is 70.3 Å². The fourth-order valence-electron chi connectivity index (χ4n) is 2.69. The van der Waals surface area contributed by atoms with Crippen molar-refractivity contribution in [3.63, 3.8) is 0 Å². The summed E-state index contributed by atoms with van der Waals surface area (Å²) in [7, 11) is -2.90. The molecule has 1 unspecified atom stereocenters. The van der Waals surface area contributed by atoms with Gasteiger partial charge in [-0.05, 0) is 25.8 Å². The Kier molecular flexibility index (Phi) is 6.06. The minimum atomic E-state index is -2.90. The van der Waals surface area contributed by atoms with Crippen LogP contribution in [0.1, 0.15) is 25.7 Å². The van der Waals surface area contributed by atoms with Crippen LogP contribution in [0.3, 0.4) is 0 Å². The van der Waals surface area contributed by atoms with Crippen LogP contribution in [0.25, 0.3) is 0 Å². The summed E-state index contributed by atoms with van der Waals surface area (Å²) in [5.41, 5.74) is 0. The fourth-order valence-corrected chi connectivity index (χ4v) is 4.07. The summed E-state index contributed by atoms with van der Waals surface area (Å²) in [4.78, 5) is 2.18. The van der Waals surface area contributed by atoms with Gasteiger partial charge < -0.3 is 10.1 Å². The summed E-state index contributed by atoms with van der Waals surface area (Å²) in [5, 5.41) is 3.41. The van der Waals surface area contributed by atoms with E-state index in [0.29, 0.717) is 24.1 Å². The first-order valence-electron chi connectivity index (χ1n) is 7.40. The molecule has 2 aliphatic heterocycles. The summed E-state index contributed by atoms with van der Waals surface area (Å²) < 4.78 is 29.3. The first kappa shape index (κ1) is 15.2. The Labute approximate surface area is 116 Å². The summed E-state index contributed by atoms with van der Waals surface area (Å²) in [6.07, 6.45) is 4.34. The van der Waals surface area contributed by atoms with E-state index in [4.69, 9.17) is 4.74 Å². The van der Waals surface area contributed by atoms with Crippen molar-refractivity contribution < 1.29 is 13.2 Å². The van der Waals surface area contributed by atoms with Gasteiger partial charge in [0.05, 0.1) is 24.7 Å². The molecule has 2 fully saturated rings. The van der Waals surface area contributed by atoms with Crippen LogP contribution < -0.4 is 5.32 Å². The molecule has 5 nitrogen and oxygen atoms in total. The molecule has 0 aromatic heterocycles. The number of nitrogens with one attached hydrogen (secondary N) is 1. The van der Waals surface area contributed by atoms with Crippen LogP contribution in [0.4, 0.5) is 0 Å². The van der Waals surface area contributed by atoms with E-state index < -0.39 is 9.84 Å². The molecule has 2 saturated heterocycles. The predicted molar refractivity (Wildman–Crippen MR) is 76.2 cm³/mol. The average Bonchev–Trinajstić information content (AvgIpc) is 2.46. The van der Waals surface area contributed by atoms with Gasteiger partial charge in [-0.2, -0.15) is 0 Å². The van der Waals surface area contributed by atoms with Crippen molar-refractivity contribution in [2.24, 2.45) is 0 Å². The topological polar surface area (TPSA) is 58.6 Å². The Balaban J connectivity index is 1.65. The molecule has 0 amide bonds. The number of hydrogen-bond acceptors (Lipinski definition) is 5. The molecule has 0 aromatic carbocycles. The maximum absolute atomic E-state index is 12.0. The van der Waals surface area contributed by atoms with Gasteiger partial charge in [0.25, 0.3) is 0 Å². The Morgan fingerprint density at radius 2 is 1.95 bits per heavy atom. The molecule has 1 N–H and O–H groups in total. The summed E-state index contributed by atoms with van der Waals surface area (Å²) in [6, 6.07) is 0.409. The van der Waals surface area contributed by atoms with Crippen molar-refractivity contribution in [2.75, 3.05) is 50.9 Å². The van der Waals surface area contributed by atoms with E-state index in [0.717, 1.165) is 45.7 Å². The fraction of sp³-hybridized carbons (Fsp3) is 1.00. The Morgan fingerprint density at radius 1 is 1.16 bits per heavy atom. The standard InChI is InChI=1S/C13H26N2O3S/c16-19(17,11-4-13-3-1-2-5-14-13)12-8-15-6-9-18-10-7-15/h13-14H,1-12H2. The van der Waals surface area contributed by atoms with E-state index in [1.54, 1.807) is 0 Å². The van der Waals surface area contributed by atoms with Crippen molar-refractivity contribution >= 4 is 9.84 Å².